The first-order chi connectivity index (χ1) is 13.0. The molecule has 2 atom stereocenters. The number of halogens is 1. The second-order valence-electron chi connectivity index (χ2n) is 7.42. The highest BCUT2D eigenvalue weighted by Gasteiger charge is 2.20. The van der Waals surface area contributed by atoms with Crippen LogP contribution in [-0.2, 0) is 4.79 Å². The fourth-order valence-electron chi connectivity index (χ4n) is 3.69. The van der Waals surface area contributed by atoms with E-state index in [2.05, 4.69) is 6.92 Å². The number of aromatic nitrogens is 1. The molecule has 0 bridgehead atoms. The maximum atomic E-state index is 11.4. The third-order valence-electron chi connectivity index (χ3n) is 5.21. The molecule has 1 heterocycles. The molecule has 2 unspecified atom stereocenters. The summed E-state index contributed by atoms with van der Waals surface area (Å²) in [6, 6.07) is 7.33. The number of fused-ring (bicyclic) bond motifs is 1. The summed E-state index contributed by atoms with van der Waals surface area (Å²) in [5, 5.41) is 20.3. The number of alkyl halides is 1. The van der Waals surface area contributed by atoms with Crippen molar-refractivity contribution < 1.29 is 15.0 Å². The van der Waals surface area contributed by atoms with Crippen molar-refractivity contribution in [3.05, 3.63) is 30.5 Å². The van der Waals surface area contributed by atoms with Crippen LogP contribution in [-0.4, -0.2) is 26.1 Å². The fourth-order valence-corrected chi connectivity index (χ4v) is 3.97. The number of carboxylic acids is 1. The van der Waals surface area contributed by atoms with Gasteiger partial charge in [0.1, 0.15) is 5.75 Å². The van der Waals surface area contributed by atoms with Crippen molar-refractivity contribution in [1.82, 2.24) is 4.57 Å². The van der Waals surface area contributed by atoms with Crippen molar-refractivity contribution in [2.45, 2.75) is 82.6 Å². The van der Waals surface area contributed by atoms with Gasteiger partial charge in [-0.05, 0) is 31.4 Å². The molecule has 0 aliphatic carbocycles. The summed E-state index contributed by atoms with van der Waals surface area (Å²) in [6.45, 7) is 2.22. The molecule has 2 N–H and O–H groups in total. The lowest BCUT2D eigenvalue weighted by atomic mass is 10.0. The van der Waals surface area contributed by atoms with Crippen molar-refractivity contribution in [2.24, 2.45) is 0 Å². The van der Waals surface area contributed by atoms with Crippen LogP contribution < -0.4 is 0 Å². The molecule has 2 rings (SSSR count). The summed E-state index contributed by atoms with van der Waals surface area (Å²) in [4.78, 5) is 11.4. The number of para-hydroxylation sites is 1. The molecule has 1 aromatic carbocycles. The van der Waals surface area contributed by atoms with Crippen LogP contribution in [0.25, 0.3) is 10.9 Å². The number of aliphatic carboxylic acids is 1. The maximum Gasteiger partial charge on any atom is 0.305 e. The number of benzene rings is 1. The second kappa shape index (κ2) is 11.2. The van der Waals surface area contributed by atoms with Crippen molar-refractivity contribution in [2.75, 3.05) is 0 Å². The average molecular weight is 394 g/mol. The van der Waals surface area contributed by atoms with Crippen LogP contribution >= 0.6 is 11.6 Å². The molecular weight excluding hydrogens is 362 g/mol. The van der Waals surface area contributed by atoms with Gasteiger partial charge in [-0.3, -0.25) is 4.79 Å². The van der Waals surface area contributed by atoms with Crippen molar-refractivity contribution in [1.29, 1.82) is 0 Å². The number of carboxylic acid groups (broad SMARTS) is 1. The highest BCUT2D eigenvalue weighted by Crippen LogP contribution is 2.33. The van der Waals surface area contributed by atoms with Crippen LogP contribution in [0.1, 0.15) is 77.2 Å². The zero-order valence-electron chi connectivity index (χ0n) is 16.2. The molecule has 1 aromatic heterocycles. The van der Waals surface area contributed by atoms with Gasteiger partial charge in [0.25, 0.3) is 0 Å². The van der Waals surface area contributed by atoms with Crippen LogP contribution in [0.4, 0.5) is 0 Å². The summed E-state index contributed by atoms with van der Waals surface area (Å²) < 4.78 is 1.90. The number of nitrogens with zero attached hydrogens (tertiary/aromatic N) is 1. The third-order valence-corrected chi connectivity index (χ3v) is 5.64. The topological polar surface area (TPSA) is 62.5 Å². The Morgan fingerprint density at radius 3 is 2.52 bits per heavy atom. The fraction of sp³-hybridized carbons (Fsp3) is 0.591. The maximum absolute atomic E-state index is 11.4. The molecule has 0 aliphatic rings. The molecule has 4 nitrogen and oxygen atoms in total. The summed E-state index contributed by atoms with van der Waals surface area (Å²) in [7, 11) is 0. The van der Waals surface area contributed by atoms with E-state index in [4.69, 9.17) is 11.6 Å². The molecule has 27 heavy (non-hydrogen) atoms. The van der Waals surface area contributed by atoms with E-state index in [1.807, 2.05) is 28.8 Å². The van der Waals surface area contributed by atoms with E-state index >= 15 is 0 Å². The van der Waals surface area contributed by atoms with Gasteiger partial charge in [0.15, 0.2) is 0 Å². The van der Waals surface area contributed by atoms with Crippen molar-refractivity contribution >= 4 is 28.5 Å². The highest BCUT2D eigenvalue weighted by atomic mass is 35.5. The molecule has 0 fully saturated rings. The van der Waals surface area contributed by atoms with E-state index in [0.717, 1.165) is 30.2 Å². The minimum absolute atomic E-state index is 0.0265. The second-order valence-corrected chi connectivity index (χ2v) is 8.04. The standard InChI is InChI=1S/C22H32ClNO3/c1-2-3-4-5-6-7-10-17(23)13-14-18(15-22(26)27)24-16-21(25)19-11-8-9-12-20(19)24/h8-9,11-12,16-18,25H,2-7,10,13-15H2,1H3,(H,26,27). The molecule has 0 aliphatic heterocycles. The Bertz CT molecular complexity index is 713. The van der Waals surface area contributed by atoms with Crippen LogP contribution in [0.3, 0.4) is 0 Å². The lowest BCUT2D eigenvalue weighted by molar-refractivity contribution is -0.137. The number of hydrogen-bond acceptors (Lipinski definition) is 2. The van der Waals surface area contributed by atoms with E-state index in [1.54, 1.807) is 6.20 Å². The Balaban J connectivity index is 1.92. The summed E-state index contributed by atoms with van der Waals surface area (Å²) in [5.41, 5.74) is 0.864. The molecule has 2 aromatic rings. The number of aromatic hydroxyl groups is 1. The Hall–Kier alpha value is -1.68. The van der Waals surface area contributed by atoms with Crippen LogP contribution in [0, 0.1) is 0 Å². The number of carbonyl (C=O) groups is 1. The number of unbranched alkanes of at least 4 members (excludes halogenated alkanes) is 5. The Morgan fingerprint density at radius 1 is 1.07 bits per heavy atom. The van der Waals surface area contributed by atoms with Gasteiger partial charge in [0.2, 0.25) is 0 Å². The van der Waals surface area contributed by atoms with Crippen LogP contribution in [0.2, 0.25) is 0 Å². The van der Waals surface area contributed by atoms with E-state index in [0.29, 0.717) is 6.42 Å². The molecule has 0 saturated carbocycles. The van der Waals surface area contributed by atoms with Gasteiger partial charge in [0, 0.05) is 23.0 Å². The Morgan fingerprint density at radius 2 is 1.78 bits per heavy atom. The van der Waals surface area contributed by atoms with Gasteiger partial charge in [-0.2, -0.15) is 0 Å². The minimum Gasteiger partial charge on any atom is -0.506 e. The predicted octanol–water partition coefficient (Wildman–Crippen LogP) is 6.50. The average Bonchev–Trinajstić information content (AvgIpc) is 2.98. The first kappa shape index (κ1) is 21.6. The zero-order chi connectivity index (χ0) is 19.6. The van der Waals surface area contributed by atoms with Gasteiger partial charge in [-0.15, -0.1) is 11.6 Å². The molecule has 0 spiro atoms. The largest absolute Gasteiger partial charge is 0.506 e. The van der Waals surface area contributed by atoms with Gasteiger partial charge < -0.3 is 14.8 Å². The van der Waals surface area contributed by atoms with E-state index in [9.17, 15) is 15.0 Å². The first-order valence-corrected chi connectivity index (χ1v) is 10.6. The van der Waals surface area contributed by atoms with Gasteiger partial charge in [0.05, 0.1) is 11.9 Å². The molecule has 0 radical (unpaired) electrons. The van der Waals surface area contributed by atoms with Gasteiger partial charge in [-0.1, -0.05) is 57.6 Å². The summed E-state index contributed by atoms with van der Waals surface area (Å²) in [5.74, 6) is -0.644. The molecular formula is C22H32ClNO3. The molecule has 5 heteroatoms. The molecule has 150 valence electrons. The van der Waals surface area contributed by atoms with Gasteiger partial charge in [-0.25, -0.2) is 0 Å². The quantitative estimate of drug-likeness (QED) is 0.301. The SMILES string of the molecule is CCCCCCCCC(Cl)CCC(CC(=O)O)n1cc(O)c2ccccc21. The van der Waals surface area contributed by atoms with E-state index in [1.165, 1.54) is 32.1 Å². The molecule has 0 saturated heterocycles. The predicted molar refractivity (Wildman–Crippen MR) is 112 cm³/mol. The normalized spacial score (nSPS) is 13.7. The highest BCUT2D eigenvalue weighted by molar-refractivity contribution is 6.20. The lowest BCUT2D eigenvalue weighted by Gasteiger charge is -2.20. The van der Waals surface area contributed by atoms with E-state index in [-0.39, 0.29) is 23.6 Å². The van der Waals surface area contributed by atoms with Gasteiger partial charge >= 0.3 is 5.97 Å². The van der Waals surface area contributed by atoms with Crippen LogP contribution in [0.5, 0.6) is 5.75 Å². The smallest absolute Gasteiger partial charge is 0.305 e. The number of hydrogen-bond donors (Lipinski definition) is 2. The summed E-state index contributed by atoms with van der Waals surface area (Å²) in [6.07, 6.45) is 11.6. The van der Waals surface area contributed by atoms with Crippen molar-refractivity contribution in [3.8, 4) is 5.75 Å². The summed E-state index contributed by atoms with van der Waals surface area (Å²) >= 11 is 6.51. The third kappa shape index (κ3) is 6.76. The Kier molecular flexibility index (Phi) is 8.99. The first-order valence-electron chi connectivity index (χ1n) is 10.2. The number of rotatable bonds is 13. The monoisotopic (exact) mass is 393 g/mol. The van der Waals surface area contributed by atoms with Crippen LogP contribution in [0.15, 0.2) is 30.5 Å². The molecule has 0 amide bonds. The zero-order valence-corrected chi connectivity index (χ0v) is 17.0. The Labute approximate surface area is 167 Å². The minimum atomic E-state index is -0.834. The lowest BCUT2D eigenvalue weighted by Crippen LogP contribution is -2.15. The van der Waals surface area contributed by atoms with Crippen molar-refractivity contribution in [3.63, 3.8) is 0 Å². The van der Waals surface area contributed by atoms with E-state index < -0.39 is 5.97 Å².